The normalized spacial score (nSPS) is 10.7. The van der Waals surface area contributed by atoms with Crippen molar-refractivity contribution in [3.05, 3.63) is 77.8 Å². The highest BCUT2D eigenvalue weighted by Gasteiger charge is 2.20. The maximum atomic E-state index is 14.8. The minimum Gasteiger partial charge on any atom is -0.462 e. The van der Waals surface area contributed by atoms with Crippen LogP contribution in [0.25, 0.3) is 5.52 Å². The Morgan fingerprint density at radius 1 is 1.00 bits per heavy atom. The average Bonchev–Trinajstić information content (AvgIpc) is 3.19. The van der Waals surface area contributed by atoms with Gasteiger partial charge in [0, 0.05) is 23.6 Å². The summed E-state index contributed by atoms with van der Waals surface area (Å²) in [6.07, 6.45) is 2.13. The third-order valence-corrected chi connectivity index (χ3v) is 5.16. The molecule has 0 bridgehead atoms. The van der Waals surface area contributed by atoms with Gasteiger partial charge in [-0.3, -0.25) is 9.59 Å². The topological polar surface area (TPSA) is 124 Å². The predicted octanol–water partition coefficient (Wildman–Crippen LogP) is 4.25. The van der Waals surface area contributed by atoms with Crippen LogP contribution >= 0.6 is 0 Å². The van der Waals surface area contributed by atoms with E-state index >= 15 is 0 Å². The number of aromatic nitrogens is 3. The van der Waals surface area contributed by atoms with E-state index in [-0.39, 0.29) is 29.5 Å². The van der Waals surface area contributed by atoms with Crippen molar-refractivity contribution in [2.24, 2.45) is 0 Å². The van der Waals surface area contributed by atoms with Crippen LogP contribution < -0.4 is 15.4 Å². The van der Waals surface area contributed by atoms with E-state index in [1.807, 2.05) is 0 Å². The standard InChI is InChI=1S/C25H21F2N5O5/c1-3-36-25(35)18-12-32-23(14(18)2)24(28-13-29-32)37-20-9-8-17(10-19(20)27)31-22(34)11-21(33)30-16-6-4-15(26)5-7-16/h4-10,12-13H,3,11H2,1-2H3,(H,30,33)(H,31,34). The number of esters is 1. The highest BCUT2D eigenvalue weighted by Crippen LogP contribution is 2.31. The molecule has 190 valence electrons. The van der Waals surface area contributed by atoms with Crippen LogP contribution in [0.3, 0.4) is 0 Å². The molecule has 0 aliphatic carbocycles. The highest BCUT2D eigenvalue weighted by molar-refractivity contribution is 6.08. The number of ether oxygens (including phenoxy) is 2. The molecule has 2 amide bonds. The van der Waals surface area contributed by atoms with Gasteiger partial charge in [0.2, 0.25) is 17.7 Å². The van der Waals surface area contributed by atoms with Crippen molar-refractivity contribution in [2.75, 3.05) is 17.2 Å². The smallest absolute Gasteiger partial charge is 0.340 e. The minimum absolute atomic E-state index is 0.0104. The number of hydrogen-bond donors (Lipinski definition) is 2. The van der Waals surface area contributed by atoms with Gasteiger partial charge in [-0.2, -0.15) is 10.1 Å². The monoisotopic (exact) mass is 509 g/mol. The Morgan fingerprint density at radius 3 is 2.35 bits per heavy atom. The molecule has 0 spiro atoms. The molecule has 2 N–H and O–H groups in total. The highest BCUT2D eigenvalue weighted by atomic mass is 19.1. The Morgan fingerprint density at radius 2 is 1.68 bits per heavy atom. The summed E-state index contributed by atoms with van der Waals surface area (Å²) in [6, 6.07) is 8.76. The van der Waals surface area contributed by atoms with Crippen LogP contribution in [0.1, 0.15) is 29.3 Å². The number of amides is 2. The van der Waals surface area contributed by atoms with Crippen LogP contribution in [0.4, 0.5) is 20.2 Å². The number of benzene rings is 2. The number of nitrogens with one attached hydrogen (secondary N) is 2. The molecule has 2 aromatic carbocycles. The van der Waals surface area contributed by atoms with Gasteiger partial charge < -0.3 is 20.1 Å². The molecule has 10 nitrogen and oxygen atoms in total. The van der Waals surface area contributed by atoms with Crippen molar-refractivity contribution < 1.29 is 32.6 Å². The second-order valence-corrected chi connectivity index (χ2v) is 7.77. The zero-order valence-corrected chi connectivity index (χ0v) is 19.7. The number of carbonyl (C=O) groups excluding carboxylic acids is 3. The summed E-state index contributed by atoms with van der Waals surface area (Å²) in [5.41, 5.74) is 1.56. The second kappa shape index (κ2) is 10.8. The lowest BCUT2D eigenvalue weighted by Gasteiger charge is -2.10. The number of anilines is 2. The third-order valence-electron chi connectivity index (χ3n) is 5.16. The van der Waals surface area contributed by atoms with Crippen molar-refractivity contribution in [3.63, 3.8) is 0 Å². The fourth-order valence-electron chi connectivity index (χ4n) is 3.47. The Labute approximate surface area is 209 Å². The number of nitrogens with zero attached hydrogens (tertiary/aromatic N) is 3. The number of rotatable bonds is 8. The molecule has 2 heterocycles. The summed E-state index contributed by atoms with van der Waals surface area (Å²) < 4.78 is 39.8. The molecule has 0 aliphatic heterocycles. The van der Waals surface area contributed by atoms with Crippen molar-refractivity contribution in [1.29, 1.82) is 0 Å². The molecule has 12 heteroatoms. The fraction of sp³-hybridized carbons (Fsp3) is 0.160. The number of aryl methyl sites for hydroxylation is 1. The van der Waals surface area contributed by atoms with Crippen molar-refractivity contribution >= 4 is 34.7 Å². The molecular weight excluding hydrogens is 488 g/mol. The number of fused-ring (bicyclic) bond motifs is 1. The first-order valence-corrected chi connectivity index (χ1v) is 11.1. The summed E-state index contributed by atoms with van der Waals surface area (Å²) >= 11 is 0. The first-order chi connectivity index (χ1) is 17.7. The van der Waals surface area contributed by atoms with E-state index in [1.165, 1.54) is 53.4 Å². The maximum Gasteiger partial charge on any atom is 0.340 e. The molecule has 0 radical (unpaired) electrons. The van der Waals surface area contributed by atoms with Gasteiger partial charge in [0.25, 0.3) is 0 Å². The predicted molar refractivity (Wildman–Crippen MR) is 128 cm³/mol. The van der Waals surface area contributed by atoms with Crippen LogP contribution in [0.2, 0.25) is 0 Å². The van der Waals surface area contributed by atoms with E-state index in [4.69, 9.17) is 9.47 Å². The van der Waals surface area contributed by atoms with Crippen molar-refractivity contribution in [3.8, 4) is 11.6 Å². The number of carbonyl (C=O) groups is 3. The molecule has 4 rings (SSSR count). The molecule has 0 atom stereocenters. The summed E-state index contributed by atoms with van der Waals surface area (Å²) in [7, 11) is 0. The van der Waals surface area contributed by atoms with E-state index in [9.17, 15) is 23.2 Å². The molecule has 0 unspecified atom stereocenters. The van der Waals surface area contributed by atoms with Crippen LogP contribution in [-0.2, 0) is 14.3 Å². The molecule has 4 aromatic rings. The summed E-state index contributed by atoms with van der Waals surface area (Å²) in [5.74, 6) is -3.28. The lowest BCUT2D eigenvalue weighted by Crippen LogP contribution is -2.21. The van der Waals surface area contributed by atoms with Gasteiger partial charge in [-0.05, 0) is 55.8 Å². The van der Waals surface area contributed by atoms with Gasteiger partial charge in [-0.1, -0.05) is 0 Å². The lowest BCUT2D eigenvalue weighted by atomic mass is 10.2. The van der Waals surface area contributed by atoms with Crippen molar-refractivity contribution in [2.45, 2.75) is 20.3 Å². The van der Waals surface area contributed by atoms with E-state index in [1.54, 1.807) is 13.8 Å². The number of hydrogen-bond acceptors (Lipinski definition) is 7. The van der Waals surface area contributed by atoms with Gasteiger partial charge in [0.1, 0.15) is 24.1 Å². The van der Waals surface area contributed by atoms with E-state index in [2.05, 4.69) is 20.7 Å². The summed E-state index contributed by atoms with van der Waals surface area (Å²) in [5, 5.41) is 8.95. The SMILES string of the molecule is CCOC(=O)c1cn2ncnc(Oc3ccc(NC(=O)CC(=O)Nc4ccc(F)cc4)cc3F)c2c1C. The summed E-state index contributed by atoms with van der Waals surface area (Å²) in [4.78, 5) is 40.5. The molecule has 0 saturated heterocycles. The zero-order chi connectivity index (χ0) is 26.5. The summed E-state index contributed by atoms with van der Waals surface area (Å²) in [6.45, 7) is 3.56. The van der Waals surface area contributed by atoms with Crippen LogP contribution in [-0.4, -0.2) is 39.0 Å². The molecule has 0 saturated carbocycles. The molecule has 0 aliphatic rings. The minimum atomic E-state index is -0.805. The van der Waals surface area contributed by atoms with Crippen LogP contribution in [0.15, 0.2) is 55.0 Å². The second-order valence-electron chi connectivity index (χ2n) is 7.77. The molecule has 37 heavy (non-hydrogen) atoms. The van der Waals surface area contributed by atoms with Crippen LogP contribution in [0.5, 0.6) is 11.6 Å². The first-order valence-electron chi connectivity index (χ1n) is 11.1. The van der Waals surface area contributed by atoms with Gasteiger partial charge in [-0.25, -0.2) is 18.1 Å². The molecular formula is C25H21F2N5O5. The first kappa shape index (κ1) is 25.2. The van der Waals surface area contributed by atoms with Gasteiger partial charge in [0.15, 0.2) is 11.6 Å². The Hall–Kier alpha value is -4.87. The fourth-order valence-corrected chi connectivity index (χ4v) is 3.47. The Balaban J connectivity index is 1.44. The molecule has 2 aromatic heterocycles. The van der Waals surface area contributed by atoms with E-state index < -0.39 is 35.8 Å². The lowest BCUT2D eigenvalue weighted by molar-refractivity contribution is -0.123. The zero-order valence-electron chi connectivity index (χ0n) is 19.7. The quantitative estimate of drug-likeness (QED) is 0.269. The van der Waals surface area contributed by atoms with E-state index in [0.29, 0.717) is 16.8 Å². The van der Waals surface area contributed by atoms with Crippen LogP contribution in [0, 0.1) is 18.6 Å². The maximum absolute atomic E-state index is 14.8. The average molecular weight is 509 g/mol. The van der Waals surface area contributed by atoms with Gasteiger partial charge in [-0.15, -0.1) is 0 Å². The van der Waals surface area contributed by atoms with Gasteiger partial charge >= 0.3 is 5.97 Å². The number of halogens is 2. The Kier molecular flexibility index (Phi) is 7.37. The Bertz CT molecular complexity index is 1490. The van der Waals surface area contributed by atoms with E-state index in [0.717, 1.165) is 6.07 Å². The van der Waals surface area contributed by atoms with Gasteiger partial charge in [0.05, 0.1) is 12.2 Å². The van der Waals surface area contributed by atoms with Crippen molar-refractivity contribution in [1.82, 2.24) is 14.6 Å². The third kappa shape index (κ3) is 5.86. The molecule has 0 fully saturated rings. The largest absolute Gasteiger partial charge is 0.462 e.